The summed E-state index contributed by atoms with van der Waals surface area (Å²) >= 11 is 0. The van der Waals surface area contributed by atoms with Gasteiger partial charge >= 0.3 is 0 Å². The molecule has 2 nitrogen and oxygen atoms in total. The van der Waals surface area contributed by atoms with Gasteiger partial charge in [0, 0.05) is 12.1 Å². The molecular formula is C30H33NO. The van der Waals surface area contributed by atoms with E-state index in [1.807, 2.05) is 12.1 Å². The molecule has 164 valence electrons. The summed E-state index contributed by atoms with van der Waals surface area (Å²) in [5.74, 6) is 0.718. The quantitative estimate of drug-likeness (QED) is 0.491. The third-order valence-electron chi connectivity index (χ3n) is 7.85. The lowest BCUT2D eigenvalue weighted by molar-refractivity contribution is 0.0735. The summed E-state index contributed by atoms with van der Waals surface area (Å²) < 4.78 is 0. The Balaban J connectivity index is 1.42. The Labute approximate surface area is 192 Å². The van der Waals surface area contributed by atoms with E-state index >= 15 is 0 Å². The summed E-state index contributed by atoms with van der Waals surface area (Å²) in [5, 5.41) is 0. The third kappa shape index (κ3) is 3.61. The number of fused-ring (bicyclic) bond motifs is 1. The second-order valence-electron chi connectivity index (χ2n) is 9.68. The molecule has 1 unspecified atom stereocenters. The lowest BCUT2D eigenvalue weighted by Gasteiger charge is -2.42. The molecule has 1 saturated heterocycles. The number of benzene rings is 3. The van der Waals surface area contributed by atoms with E-state index < -0.39 is 5.41 Å². The van der Waals surface area contributed by atoms with Crippen molar-refractivity contribution in [2.24, 2.45) is 5.92 Å². The largest absolute Gasteiger partial charge is 0.299 e. The maximum atomic E-state index is 14.0. The van der Waals surface area contributed by atoms with Crippen molar-refractivity contribution in [1.82, 2.24) is 4.90 Å². The van der Waals surface area contributed by atoms with Crippen molar-refractivity contribution in [2.75, 3.05) is 13.1 Å². The van der Waals surface area contributed by atoms with Crippen LogP contribution in [0, 0.1) is 12.8 Å². The highest BCUT2D eigenvalue weighted by Crippen LogP contribution is 2.48. The molecule has 5 rings (SSSR count). The van der Waals surface area contributed by atoms with E-state index in [0.717, 1.165) is 50.9 Å². The summed E-state index contributed by atoms with van der Waals surface area (Å²) in [5.41, 5.74) is 7.10. The second kappa shape index (κ2) is 8.67. The number of rotatable bonds is 5. The van der Waals surface area contributed by atoms with E-state index in [2.05, 4.69) is 79.4 Å². The van der Waals surface area contributed by atoms with Crippen LogP contribution in [-0.2, 0) is 24.8 Å². The normalized spacial score (nSPS) is 21.6. The average Bonchev–Trinajstić information content (AvgIpc) is 3.13. The fourth-order valence-corrected chi connectivity index (χ4v) is 6.12. The molecule has 1 heterocycles. The van der Waals surface area contributed by atoms with Crippen molar-refractivity contribution in [3.63, 3.8) is 0 Å². The van der Waals surface area contributed by atoms with E-state index in [9.17, 15) is 4.79 Å². The van der Waals surface area contributed by atoms with E-state index in [-0.39, 0.29) is 0 Å². The molecule has 1 fully saturated rings. The number of likely N-dealkylation sites (tertiary alicyclic amines) is 1. The molecule has 0 amide bonds. The van der Waals surface area contributed by atoms with Crippen molar-refractivity contribution in [3.8, 4) is 0 Å². The highest BCUT2D eigenvalue weighted by atomic mass is 16.1. The van der Waals surface area contributed by atoms with Gasteiger partial charge in [0.15, 0.2) is 5.78 Å². The maximum absolute atomic E-state index is 14.0. The Hall–Kier alpha value is -2.71. The van der Waals surface area contributed by atoms with Crippen LogP contribution in [0.5, 0.6) is 0 Å². The Morgan fingerprint density at radius 1 is 0.906 bits per heavy atom. The van der Waals surface area contributed by atoms with Gasteiger partial charge in [0.05, 0.1) is 5.41 Å². The van der Waals surface area contributed by atoms with Crippen LogP contribution < -0.4 is 0 Å². The topological polar surface area (TPSA) is 20.3 Å². The first-order valence-electron chi connectivity index (χ1n) is 12.1. The Bertz CT molecular complexity index is 1120. The Morgan fingerprint density at radius 3 is 2.34 bits per heavy atom. The minimum Gasteiger partial charge on any atom is -0.299 e. The minimum absolute atomic E-state index is 0.341. The number of Topliss-reactive ketones (excluding diaryl/α,β-unsaturated/α-hetero) is 1. The molecule has 0 radical (unpaired) electrons. The summed E-state index contributed by atoms with van der Waals surface area (Å²) in [6, 6.07) is 25.8. The van der Waals surface area contributed by atoms with Crippen LogP contribution in [0.1, 0.15) is 57.9 Å². The van der Waals surface area contributed by atoms with E-state index in [4.69, 9.17) is 0 Å². The highest BCUT2D eigenvalue weighted by molar-refractivity contribution is 6.08. The van der Waals surface area contributed by atoms with E-state index in [1.165, 1.54) is 27.8 Å². The molecule has 0 N–H and O–H groups in total. The predicted molar refractivity (Wildman–Crippen MR) is 131 cm³/mol. The smallest absolute Gasteiger partial charge is 0.174 e. The highest BCUT2D eigenvalue weighted by Gasteiger charge is 2.52. The van der Waals surface area contributed by atoms with Gasteiger partial charge in [-0.05, 0) is 73.9 Å². The molecule has 2 aliphatic rings. The van der Waals surface area contributed by atoms with Gasteiger partial charge in [0.25, 0.3) is 0 Å². The summed E-state index contributed by atoms with van der Waals surface area (Å²) in [7, 11) is 0. The molecular weight excluding hydrogens is 390 g/mol. The standard InChI is InChI=1S/C30H33NO/c1-3-23-10-4-5-12-25(23)21-31-17-15-26(16-18-31)30(27-13-8-9-22(2)19-27)20-24-11-6-7-14-28(24)29(30)32/h4-14,19,26H,3,15-18,20-21H2,1-2H3. The zero-order valence-corrected chi connectivity index (χ0v) is 19.3. The number of carbonyl (C=O) groups excluding carboxylic acids is 1. The maximum Gasteiger partial charge on any atom is 0.174 e. The van der Waals surface area contributed by atoms with Crippen molar-refractivity contribution in [3.05, 3.63) is 106 Å². The summed E-state index contributed by atoms with van der Waals surface area (Å²) in [4.78, 5) is 16.6. The zero-order chi connectivity index (χ0) is 22.1. The molecule has 2 heteroatoms. The van der Waals surface area contributed by atoms with Crippen LogP contribution in [0.2, 0.25) is 0 Å². The molecule has 0 bridgehead atoms. The van der Waals surface area contributed by atoms with Crippen molar-refractivity contribution in [2.45, 2.75) is 51.5 Å². The van der Waals surface area contributed by atoms with Crippen LogP contribution in [0.25, 0.3) is 0 Å². The second-order valence-corrected chi connectivity index (χ2v) is 9.68. The SMILES string of the molecule is CCc1ccccc1CN1CCC(C2(c3cccc(C)c3)Cc3ccccc3C2=O)CC1. The number of hydrogen-bond acceptors (Lipinski definition) is 2. The lowest BCUT2D eigenvalue weighted by atomic mass is 9.64. The number of piperidine rings is 1. The van der Waals surface area contributed by atoms with E-state index in [1.54, 1.807) is 0 Å². The first-order valence-corrected chi connectivity index (χ1v) is 12.1. The van der Waals surface area contributed by atoms with Crippen LogP contribution in [0.15, 0.2) is 72.8 Å². The van der Waals surface area contributed by atoms with Crippen molar-refractivity contribution < 1.29 is 4.79 Å². The third-order valence-corrected chi connectivity index (χ3v) is 7.85. The first kappa shape index (κ1) is 21.2. The molecule has 3 aromatic rings. The van der Waals surface area contributed by atoms with Crippen LogP contribution in [-0.4, -0.2) is 23.8 Å². The lowest BCUT2D eigenvalue weighted by Crippen LogP contribution is -2.47. The van der Waals surface area contributed by atoms with Gasteiger partial charge in [-0.15, -0.1) is 0 Å². The fraction of sp³-hybridized carbons (Fsp3) is 0.367. The predicted octanol–water partition coefficient (Wildman–Crippen LogP) is 6.15. The minimum atomic E-state index is -0.414. The first-order chi connectivity index (χ1) is 15.6. The number of carbonyl (C=O) groups is 1. The fourth-order valence-electron chi connectivity index (χ4n) is 6.12. The number of hydrogen-bond donors (Lipinski definition) is 0. The van der Waals surface area contributed by atoms with Crippen molar-refractivity contribution >= 4 is 5.78 Å². The molecule has 3 aromatic carbocycles. The zero-order valence-electron chi connectivity index (χ0n) is 19.3. The van der Waals surface area contributed by atoms with Crippen LogP contribution in [0.4, 0.5) is 0 Å². The molecule has 0 aromatic heterocycles. The van der Waals surface area contributed by atoms with Gasteiger partial charge < -0.3 is 0 Å². The summed E-state index contributed by atoms with van der Waals surface area (Å²) in [6.07, 6.45) is 4.06. The van der Waals surface area contributed by atoms with E-state index in [0.29, 0.717) is 11.7 Å². The van der Waals surface area contributed by atoms with Crippen LogP contribution >= 0.6 is 0 Å². The Morgan fingerprint density at radius 2 is 1.62 bits per heavy atom. The summed E-state index contributed by atoms with van der Waals surface area (Å²) in [6.45, 7) is 7.50. The van der Waals surface area contributed by atoms with Crippen LogP contribution in [0.3, 0.4) is 0 Å². The number of aryl methyl sites for hydroxylation is 2. The Kier molecular flexibility index (Phi) is 5.73. The van der Waals surface area contributed by atoms with Gasteiger partial charge in [0.1, 0.15) is 0 Å². The number of nitrogens with zero attached hydrogens (tertiary/aromatic N) is 1. The monoisotopic (exact) mass is 423 g/mol. The molecule has 1 atom stereocenters. The number of ketones is 1. The van der Waals surface area contributed by atoms with Gasteiger partial charge in [-0.2, -0.15) is 0 Å². The van der Waals surface area contributed by atoms with Gasteiger partial charge in [-0.1, -0.05) is 85.3 Å². The average molecular weight is 424 g/mol. The van der Waals surface area contributed by atoms with Crippen molar-refractivity contribution in [1.29, 1.82) is 0 Å². The van der Waals surface area contributed by atoms with Gasteiger partial charge in [-0.3, -0.25) is 9.69 Å². The van der Waals surface area contributed by atoms with Gasteiger partial charge in [-0.25, -0.2) is 0 Å². The molecule has 32 heavy (non-hydrogen) atoms. The molecule has 0 saturated carbocycles. The molecule has 0 spiro atoms. The van der Waals surface area contributed by atoms with Gasteiger partial charge in [0.2, 0.25) is 0 Å². The molecule has 1 aliphatic heterocycles. The molecule has 1 aliphatic carbocycles.